The predicted molar refractivity (Wildman–Crippen MR) is 201 cm³/mol. The van der Waals surface area contributed by atoms with Gasteiger partial charge in [0.15, 0.2) is 11.6 Å². The van der Waals surface area contributed by atoms with Crippen LogP contribution in [0.2, 0.25) is 0 Å². The number of aromatic nitrogens is 4. The SMILES string of the molecule is CC1(c2nc(C3(CN[C@@H]4C[C@H]4c4ccccc4)CC3)no2)CCC(Nc2cccc([C@@H]3C[C@H]3NCC3(c4noc(C5CCC(F)(F)CC5)n4)CC3)c2)CC1. The van der Waals surface area contributed by atoms with Crippen molar-refractivity contribution in [1.29, 1.82) is 0 Å². The lowest BCUT2D eigenvalue weighted by Crippen LogP contribution is -2.35. The number of nitrogens with zero attached hydrogens (tertiary/aromatic N) is 4. The Bertz CT molecular complexity index is 1940. The lowest BCUT2D eigenvalue weighted by atomic mass is 9.73. The van der Waals surface area contributed by atoms with Gasteiger partial charge >= 0.3 is 0 Å². The van der Waals surface area contributed by atoms with Crippen molar-refractivity contribution in [3.63, 3.8) is 0 Å². The monoisotopic (exact) mass is 737 g/mol. The van der Waals surface area contributed by atoms with Crippen LogP contribution in [0.4, 0.5) is 14.5 Å². The van der Waals surface area contributed by atoms with Crippen molar-refractivity contribution in [2.75, 3.05) is 18.4 Å². The van der Waals surface area contributed by atoms with Crippen molar-refractivity contribution < 1.29 is 17.8 Å². The first kappa shape index (κ1) is 34.8. The van der Waals surface area contributed by atoms with E-state index in [1.54, 1.807) is 0 Å². The third-order valence-corrected chi connectivity index (χ3v) is 14.1. The number of halogens is 2. The Kier molecular flexibility index (Phi) is 8.51. The third-order valence-electron chi connectivity index (χ3n) is 14.1. The van der Waals surface area contributed by atoms with Gasteiger partial charge in [0.05, 0.1) is 0 Å². The molecule has 6 fully saturated rings. The number of anilines is 1. The van der Waals surface area contributed by atoms with Gasteiger partial charge < -0.3 is 25.0 Å². The highest BCUT2D eigenvalue weighted by atomic mass is 19.3. The molecule has 6 aliphatic carbocycles. The zero-order chi connectivity index (χ0) is 36.5. The van der Waals surface area contributed by atoms with E-state index < -0.39 is 5.92 Å². The van der Waals surface area contributed by atoms with E-state index in [2.05, 4.69) is 87.8 Å². The second kappa shape index (κ2) is 13.2. The topological polar surface area (TPSA) is 114 Å². The fourth-order valence-electron chi connectivity index (χ4n) is 9.49. The van der Waals surface area contributed by atoms with Crippen LogP contribution in [0.1, 0.15) is 149 Å². The number of alkyl halides is 2. The van der Waals surface area contributed by atoms with Gasteiger partial charge in [0.25, 0.3) is 0 Å². The Morgan fingerprint density at radius 1 is 0.685 bits per heavy atom. The molecule has 2 heterocycles. The van der Waals surface area contributed by atoms with Crippen LogP contribution in [-0.4, -0.2) is 57.4 Å². The molecule has 54 heavy (non-hydrogen) atoms. The standard InChI is InChI=1S/C43H53F2N7O2/c1-40(39-50-38(52-54-39)42(20-21-42)26-46-34-23-32(34)27-6-3-2-4-7-27)14-12-30(13-15-40)48-31-9-5-8-29(22-31)33-24-35(33)47-25-41(18-19-41)37-49-36(53-51-37)28-10-16-43(44,45)17-11-28/h2-9,22,28,30,32-35,46-48H,10-21,23-26H2,1H3/t30?,32-,33-,34+,35+,40?/m0/s1. The van der Waals surface area contributed by atoms with Gasteiger partial charge in [0, 0.05) is 83.7 Å². The molecule has 10 rings (SSSR count). The first-order valence-electron chi connectivity index (χ1n) is 20.6. The Labute approximate surface area is 316 Å². The number of rotatable bonds is 14. The number of nitrogens with one attached hydrogen (secondary N) is 3. The molecule has 11 heteroatoms. The highest BCUT2D eigenvalue weighted by Crippen LogP contribution is 2.51. The summed E-state index contributed by atoms with van der Waals surface area (Å²) >= 11 is 0. The van der Waals surface area contributed by atoms with Gasteiger partial charge in [0.1, 0.15) is 0 Å². The minimum Gasteiger partial charge on any atom is -0.382 e. The van der Waals surface area contributed by atoms with Gasteiger partial charge in [-0.1, -0.05) is 59.7 Å². The number of benzene rings is 2. The van der Waals surface area contributed by atoms with Crippen LogP contribution in [0.5, 0.6) is 0 Å². The fraction of sp³-hybridized carbons (Fsp3) is 0.628. The maximum atomic E-state index is 13.7. The van der Waals surface area contributed by atoms with Crippen LogP contribution >= 0.6 is 0 Å². The molecule has 286 valence electrons. The van der Waals surface area contributed by atoms with E-state index in [0.29, 0.717) is 48.7 Å². The molecule has 0 aliphatic heterocycles. The number of hydrogen-bond acceptors (Lipinski definition) is 9. The van der Waals surface area contributed by atoms with Crippen LogP contribution < -0.4 is 16.0 Å². The average molecular weight is 738 g/mol. The summed E-state index contributed by atoms with van der Waals surface area (Å²) in [4.78, 5) is 9.80. The summed E-state index contributed by atoms with van der Waals surface area (Å²) in [5.74, 6) is 1.52. The number of hydrogen-bond donors (Lipinski definition) is 3. The zero-order valence-electron chi connectivity index (χ0n) is 31.3. The molecule has 0 radical (unpaired) electrons. The molecule has 0 amide bonds. The molecule has 2 aromatic heterocycles. The van der Waals surface area contributed by atoms with Crippen molar-refractivity contribution in [3.8, 4) is 0 Å². The summed E-state index contributed by atoms with van der Waals surface area (Å²) in [7, 11) is 0. The summed E-state index contributed by atoms with van der Waals surface area (Å²) in [5.41, 5.74) is 3.85. The Morgan fingerprint density at radius 2 is 1.30 bits per heavy atom. The highest BCUT2D eigenvalue weighted by molar-refractivity contribution is 5.49. The van der Waals surface area contributed by atoms with E-state index in [4.69, 9.17) is 19.0 Å². The molecule has 0 spiro atoms. The van der Waals surface area contributed by atoms with Gasteiger partial charge in [-0.3, -0.25) is 0 Å². The molecule has 0 bridgehead atoms. The molecule has 4 aromatic rings. The van der Waals surface area contributed by atoms with Crippen molar-refractivity contribution in [1.82, 2.24) is 30.9 Å². The second-order valence-corrected chi connectivity index (χ2v) is 18.2. The van der Waals surface area contributed by atoms with Gasteiger partial charge in [-0.25, -0.2) is 8.78 Å². The largest absolute Gasteiger partial charge is 0.382 e. The summed E-state index contributed by atoms with van der Waals surface area (Å²) in [6.45, 7) is 4.05. The van der Waals surface area contributed by atoms with Crippen LogP contribution in [0.15, 0.2) is 63.6 Å². The van der Waals surface area contributed by atoms with Crippen LogP contribution in [0.25, 0.3) is 0 Å². The van der Waals surface area contributed by atoms with Gasteiger partial charge in [0.2, 0.25) is 17.7 Å². The minimum atomic E-state index is -2.56. The van der Waals surface area contributed by atoms with Crippen molar-refractivity contribution >= 4 is 5.69 Å². The van der Waals surface area contributed by atoms with Crippen LogP contribution in [0, 0.1) is 0 Å². The Morgan fingerprint density at radius 3 is 1.96 bits per heavy atom. The maximum Gasteiger partial charge on any atom is 0.248 e. The fourth-order valence-corrected chi connectivity index (χ4v) is 9.49. The van der Waals surface area contributed by atoms with Crippen molar-refractivity contribution in [2.24, 2.45) is 0 Å². The lowest BCUT2D eigenvalue weighted by molar-refractivity contribution is -0.0402. The zero-order valence-corrected chi connectivity index (χ0v) is 31.3. The van der Waals surface area contributed by atoms with E-state index in [-0.39, 0.29) is 35.0 Å². The van der Waals surface area contributed by atoms with E-state index in [0.717, 1.165) is 88.4 Å². The molecular formula is C43H53F2N7O2. The minimum absolute atomic E-state index is 0.0280. The summed E-state index contributed by atoms with van der Waals surface area (Å²) in [6, 6.07) is 21.2. The van der Waals surface area contributed by atoms with E-state index in [1.807, 2.05) is 0 Å². The lowest BCUT2D eigenvalue weighted by Gasteiger charge is -2.35. The van der Waals surface area contributed by atoms with E-state index in [9.17, 15) is 8.78 Å². The van der Waals surface area contributed by atoms with Gasteiger partial charge in [-0.05, 0) is 100 Å². The molecule has 2 aromatic carbocycles. The molecule has 6 saturated carbocycles. The Hall–Kier alpha value is -3.70. The van der Waals surface area contributed by atoms with Gasteiger partial charge in [-0.2, -0.15) is 9.97 Å². The van der Waals surface area contributed by atoms with E-state index in [1.165, 1.54) is 23.2 Å². The van der Waals surface area contributed by atoms with E-state index >= 15 is 0 Å². The predicted octanol–water partition coefficient (Wildman–Crippen LogP) is 8.41. The van der Waals surface area contributed by atoms with Crippen molar-refractivity contribution in [2.45, 2.75) is 155 Å². The second-order valence-electron chi connectivity index (χ2n) is 18.2. The molecule has 9 nitrogen and oxygen atoms in total. The molecule has 4 atom stereocenters. The maximum absolute atomic E-state index is 13.7. The summed E-state index contributed by atoms with van der Waals surface area (Å²) < 4.78 is 38.9. The molecule has 0 unspecified atom stereocenters. The molecular weight excluding hydrogens is 685 g/mol. The van der Waals surface area contributed by atoms with Crippen LogP contribution in [0.3, 0.4) is 0 Å². The quantitative estimate of drug-likeness (QED) is 0.117. The first-order valence-corrected chi connectivity index (χ1v) is 20.6. The average Bonchev–Trinajstić information content (AvgIpc) is 4.09. The van der Waals surface area contributed by atoms with Crippen molar-refractivity contribution in [3.05, 3.63) is 89.2 Å². The summed E-state index contributed by atoms with van der Waals surface area (Å²) in [6.07, 6.45) is 11.4. The highest BCUT2D eigenvalue weighted by Gasteiger charge is 2.52. The third kappa shape index (κ3) is 6.99. The first-order chi connectivity index (χ1) is 26.2. The normalized spacial score (nSPS) is 31.9. The van der Waals surface area contributed by atoms with Gasteiger partial charge in [-0.15, -0.1) is 0 Å². The molecule has 6 aliphatic rings. The van der Waals surface area contributed by atoms with Crippen LogP contribution in [-0.2, 0) is 16.2 Å². The molecule has 3 N–H and O–H groups in total. The summed E-state index contributed by atoms with van der Waals surface area (Å²) in [5, 5.41) is 20.4. The Balaban J connectivity index is 0.687. The molecule has 0 saturated heterocycles. The smallest absolute Gasteiger partial charge is 0.248 e.